The summed E-state index contributed by atoms with van der Waals surface area (Å²) in [6.07, 6.45) is 2.04. The van der Waals surface area contributed by atoms with Crippen molar-refractivity contribution in [2.75, 3.05) is 19.6 Å². The van der Waals surface area contributed by atoms with Gasteiger partial charge in [-0.1, -0.05) is 0 Å². The van der Waals surface area contributed by atoms with Crippen molar-refractivity contribution >= 4 is 30.0 Å². The Balaban J connectivity index is 0.00000259. The number of nitro groups is 1. The van der Waals surface area contributed by atoms with Crippen molar-refractivity contribution in [1.82, 2.24) is 9.80 Å². The van der Waals surface area contributed by atoms with Gasteiger partial charge in [0.15, 0.2) is 6.10 Å². The second-order valence-corrected chi connectivity index (χ2v) is 9.34. The predicted molar refractivity (Wildman–Crippen MR) is 116 cm³/mol. The Hall–Kier alpha value is -2.30. The maximum Gasteiger partial charge on any atom is 0.338 e. The molecule has 0 saturated carbocycles. The van der Waals surface area contributed by atoms with Crippen molar-refractivity contribution in [1.29, 1.82) is 0 Å². The number of ether oxygens (including phenoxy) is 1. The van der Waals surface area contributed by atoms with Gasteiger partial charge in [0, 0.05) is 31.1 Å². The number of benzene rings is 1. The fraction of sp³-hybridized carbons (Fsp3) is 0.636. The van der Waals surface area contributed by atoms with Gasteiger partial charge < -0.3 is 14.7 Å². The number of halogens is 2. The van der Waals surface area contributed by atoms with Crippen LogP contribution in [-0.4, -0.2) is 75.6 Å². The van der Waals surface area contributed by atoms with Crippen LogP contribution in [0.15, 0.2) is 18.2 Å². The summed E-state index contributed by atoms with van der Waals surface area (Å²) in [6.45, 7) is 2.76. The van der Waals surface area contributed by atoms with Crippen LogP contribution < -0.4 is 0 Å². The summed E-state index contributed by atoms with van der Waals surface area (Å²) in [5.74, 6) is -1.73. The minimum absolute atomic E-state index is 0. The summed E-state index contributed by atoms with van der Waals surface area (Å²) < 4.78 is 19.1. The number of amides is 1. The Morgan fingerprint density at radius 1 is 1.24 bits per heavy atom. The van der Waals surface area contributed by atoms with Gasteiger partial charge in [0.05, 0.1) is 10.5 Å². The minimum Gasteiger partial charge on any atom is -0.455 e. The van der Waals surface area contributed by atoms with Crippen LogP contribution in [0.2, 0.25) is 0 Å². The van der Waals surface area contributed by atoms with E-state index in [0.29, 0.717) is 24.9 Å². The van der Waals surface area contributed by atoms with Crippen LogP contribution in [0.1, 0.15) is 42.5 Å². The number of aliphatic hydroxyl groups is 1. The lowest BCUT2D eigenvalue weighted by Crippen LogP contribution is -2.70. The number of rotatable bonds is 3. The lowest BCUT2D eigenvalue weighted by molar-refractivity contribution is -0.387. The van der Waals surface area contributed by atoms with E-state index < -0.39 is 40.5 Å². The molecule has 2 unspecified atom stereocenters. The first-order chi connectivity index (χ1) is 15.3. The number of hydrogen-bond acceptors (Lipinski definition) is 7. The Labute approximate surface area is 196 Å². The van der Waals surface area contributed by atoms with Crippen LogP contribution in [-0.2, 0) is 9.53 Å². The number of nitro benzene ring substituents is 1. The maximum absolute atomic E-state index is 13.6. The number of carbonyl (C=O) groups excluding carboxylic acids is 2. The van der Waals surface area contributed by atoms with Crippen molar-refractivity contribution in [2.24, 2.45) is 11.8 Å². The molecule has 1 N–H and O–H groups in total. The molecular weight excluding hydrogens is 457 g/mol. The van der Waals surface area contributed by atoms with Crippen LogP contribution in [0.3, 0.4) is 0 Å². The van der Waals surface area contributed by atoms with Crippen LogP contribution in [0.4, 0.5) is 10.1 Å². The molecule has 180 valence electrons. The third kappa shape index (κ3) is 4.08. The summed E-state index contributed by atoms with van der Waals surface area (Å²) in [5.41, 5.74) is -1.02. The number of esters is 1. The Morgan fingerprint density at radius 3 is 2.70 bits per heavy atom. The zero-order valence-corrected chi connectivity index (χ0v) is 18.8. The third-order valence-electron chi connectivity index (χ3n) is 7.67. The molecule has 4 aliphatic heterocycles. The number of piperidine rings is 4. The van der Waals surface area contributed by atoms with E-state index in [1.54, 1.807) is 4.90 Å². The average molecular weight is 484 g/mol. The predicted octanol–water partition coefficient (Wildman–Crippen LogP) is 2.15. The number of hydrogen-bond donors (Lipinski definition) is 1. The molecule has 0 bridgehead atoms. The largest absolute Gasteiger partial charge is 0.455 e. The van der Waals surface area contributed by atoms with Gasteiger partial charge in [0.1, 0.15) is 6.10 Å². The van der Waals surface area contributed by atoms with Gasteiger partial charge in [-0.3, -0.25) is 19.8 Å². The van der Waals surface area contributed by atoms with Crippen LogP contribution in [0.25, 0.3) is 0 Å². The van der Waals surface area contributed by atoms with Crippen molar-refractivity contribution in [3.8, 4) is 0 Å². The molecule has 6 atom stereocenters. The molecule has 9 nitrogen and oxygen atoms in total. The summed E-state index contributed by atoms with van der Waals surface area (Å²) in [5, 5.41) is 21.6. The zero-order chi connectivity index (χ0) is 22.6. The average Bonchev–Trinajstić information content (AvgIpc) is 2.78. The molecular formula is C22H27ClFN3O6. The van der Waals surface area contributed by atoms with Crippen molar-refractivity contribution in [3.05, 3.63) is 39.7 Å². The van der Waals surface area contributed by atoms with E-state index in [0.717, 1.165) is 57.0 Å². The number of aliphatic hydroxyl groups excluding tert-OH is 1. The van der Waals surface area contributed by atoms with Crippen molar-refractivity contribution in [3.63, 3.8) is 0 Å². The molecule has 0 aliphatic carbocycles. The monoisotopic (exact) mass is 483 g/mol. The first kappa shape index (κ1) is 23.8. The topological polar surface area (TPSA) is 113 Å². The molecule has 1 aromatic carbocycles. The molecule has 4 fully saturated rings. The van der Waals surface area contributed by atoms with Crippen LogP contribution in [0.5, 0.6) is 0 Å². The highest BCUT2D eigenvalue weighted by atomic mass is 35.5. The van der Waals surface area contributed by atoms with Gasteiger partial charge >= 0.3 is 11.7 Å². The van der Waals surface area contributed by atoms with E-state index in [4.69, 9.17) is 4.74 Å². The number of carbonyl (C=O) groups is 2. The molecule has 1 amide bonds. The maximum atomic E-state index is 13.6. The van der Waals surface area contributed by atoms with Gasteiger partial charge in [0.25, 0.3) is 5.91 Å². The van der Waals surface area contributed by atoms with Crippen molar-refractivity contribution in [2.45, 2.75) is 56.4 Å². The first-order valence-corrected chi connectivity index (χ1v) is 11.2. The van der Waals surface area contributed by atoms with Gasteiger partial charge in [-0.2, -0.15) is 4.39 Å². The van der Waals surface area contributed by atoms with Crippen molar-refractivity contribution < 1.29 is 28.7 Å². The normalized spacial score (nSPS) is 33.4. The second-order valence-electron chi connectivity index (χ2n) is 9.34. The van der Waals surface area contributed by atoms with Crippen LogP contribution in [0, 0.1) is 27.8 Å². The summed E-state index contributed by atoms with van der Waals surface area (Å²) in [7, 11) is 0. The van der Waals surface area contributed by atoms with E-state index in [2.05, 4.69) is 4.90 Å². The highest BCUT2D eigenvalue weighted by Gasteiger charge is 2.54. The Kier molecular flexibility index (Phi) is 6.61. The lowest BCUT2D eigenvalue weighted by Gasteiger charge is -2.59. The second kappa shape index (κ2) is 9.15. The quantitative estimate of drug-likeness (QED) is 0.398. The van der Waals surface area contributed by atoms with E-state index in [1.807, 2.05) is 0 Å². The van der Waals surface area contributed by atoms with E-state index in [1.165, 1.54) is 0 Å². The smallest absolute Gasteiger partial charge is 0.338 e. The third-order valence-corrected chi connectivity index (χ3v) is 7.67. The molecule has 4 aliphatic rings. The van der Waals surface area contributed by atoms with Crippen LogP contribution >= 0.6 is 12.4 Å². The molecule has 11 heteroatoms. The summed E-state index contributed by atoms with van der Waals surface area (Å²) in [4.78, 5) is 40.1. The summed E-state index contributed by atoms with van der Waals surface area (Å²) in [6, 6.07) is 3.04. The number of nitrogens with zero attached hydrogens (tertiary/aromatic N) is 3. The fourth-order valence-electron chi connectivity index (χ4n) is 6.34. The molecule has 0 aromatic heterocycles. The fourth-order valence-corrected chi connectivity index (χ4v) is 6.34. The highest BCUT2D eigenvalue weighted by molar-refractivity contribution is 5.91. The summed E-state index contributed by atoms with van der Waals surface area (Å²) >= 11 is 0. The molecule has 4 saturated heterocycles. The highest BCUT2D eigenvalue weighted by Crippen LogP contribution is 2.45. The lowest BCUT2D eigenvalue weighted by atomic mass is 9.67. The van der Waals surface area contributed by atoms with E-state index in [9.17, 15) is 29.2 Å². The van der Waals surface area contributed by atoms with Gasteiger partial charge in [-0.05, 0) is 62.7 Å². The zero-order valence-electron chi connectivity index (χ0n) is 18.0. The molecule has 4 heterocycles. The number of fused-ring (bicyclic) bond motifs is 2. The van der Waals surface area contributed by atoms with Gasteiger partial charge in [0.2, 0.25) is 5.82 Å². The molecule has 0 radical (unpaired) electrons. The van der Waals surface area contributed by atoms with Gasteiger partial charge in [-0.25, -0.2) is 4.79 Å². The molecule has 1 aromatic rings. The molecule has 33 heavy (non-hydrogen) atoms. The van der Waals surface area contributed by atoms with Gasteiger partial charge in [-0.15, -0.1) is 12.4 Å². The van der Waals surface area contributed by atoms with E-state index in [-0.39, 0.29) is 29.9 Å². The first-order valence-electron chi connectivity index (χ1n) is 11.2. The Bertz CT molecular complexity index is 962. The SMILES string of the molecule is Cl.O=C(OC1C[C@@H]2[C@H]3CCCN4CCC[C@@H](CN2C(=O)C1O)[C@@H]34)c1ccc(F)c([N+](=O)[O-])c1. The standard InChI is InChI=1S/C22H26FN3O6.ClH/c23-15-6-5-12(9-17(15)26(30)31)22(29)32-18-10-16-14-4-2-8-24-7-1-3-13(19(14)24)11-25(16)21(28)20(18)27;/h5-6,9,13-14,16,18-20,27H,1-4,7-8,10-11H2;1H/t13-,14+,16+,18?,19-,20?;/m0./s1. The minimum atomic E-state index is -1.48. The van der Waals surface area contributed by atoms with E-state index >= 15 is 0 Å². The molecule has 0 spiro atoms. The molecule has 5 rings (SSSR count). The Morgan fingerprint density at radius 2 is 1.97 bits per heavy atom.